The summed E-state index contributed by atoms with van der Waals surface area (Å²) < 4.78 is 1.83. The lowest BCUT2D eigenvalue weighted by atomic mass is 10.2. The number of imidazole rings is 1. The second kappa shape index (κ2) is 6.05. The van der Waals surface area contributed by atoms with E-state index in [0.717, 1.165) is 29.9 Å². The second-order valence-electron chi connectivity index (χ2n) is 4.86. The van der Waals surface area contributed by atoms with Crippen molar-refractivity contribution in [3.63, 3.8) is 0 Å². The molecular formula is C15H21N3O2. The van der Waals surface area contributed by atoms with Gasteiger partial charge in [-0.15, -0.1) is 0 Å². The lowest BCUT2D eigenvalue weighted by Gasteiger charge is -2.20. The van der Waals surface area contributed by atoms with Crippen molar-refractivity contribution in [2.75, 3.05) is 13.1 Å². The van der Waals surface area contributed by atoms with Crippen molar-refractivity contribution in [2.24, 2.45) is 0 Å². The summed E-state index contributed by atoms with van der Waals surface area (Å²) in [6.45, 7) is 8.39. The van der Waals surface area contributed by atoms with Crippen molar-refractivity contribution >= 4 is 17.0 Å². The van der Waals surface area contributed by atoms with Gasteiger partial charge >= 0.3 is 5.97 Å². The molecule has 20 heavy (non-hydrogen) atoms. The van der Waals surface area contributed by atoms with Crippen LogP contribution in [0.3, 0.4) is 0 Å². The number of aromatic nitrogens is 2. The van der Waals surface area contributed by atoms with Gasteiger partial charge in [-0.1, -0.05) is 26.0 Å². The van der Waals surface area contributed by atoms with Gasteiger partial charge in [0.05, 0.1) is 17.6 Å². The Morgan fingerprint density at radius 3 is 2.60 bits per heavy atom. The molecule has 108 valence electrons. The summed E-state index contributed by atoms with van der Waals surface area (Å²) in [5.74, 6) is -0.0289. The Balaban J connectivity index is 2.52. The highest BCUT2D eigenvalue weighted by atomic mass is 16.4. The van der Waals surface area contributed by atoms with Gasteiger partial charge in [0, 0.05) is 0 Å². The van der Waals surface area contributed by atoms with Crippen LogP contribution in [0.5, 0.6) is 0 Å². The fraction of sp³-hybridized carbons (Fsp3) is 0.467. The number of hydrogen-bond donors (Lipinski definition) is 1. The normalized spacial score (nSPS) is 13.0. The summed E-state index contributed by atoms with van der Waals surface area (Å²) in [5, 5.41) is 9.32. The SMILES string of the molecule is CCN(CC)Cc1nc2ccccc2n1C(C)C(=O)O. The van der Waals surface area contributed by atoms with E-state index in [0.29, 0.717) is 6.54 Å². The van der Waals surface area contributed by atoms with Gasteiger partial charge in [-0.25, -0.2) is 9.78 Å². The maximum Gasteiger partial charge on any atom is 0.326 e. The summed E-state index contributed by atoms with van der Waals surface area (Å²) in [4.78, 5) is 18.2. The average molecular weight is 275 g/mol. The van der Waals surface area contributed by atoms with Crippen LogP contribution in [0, 0.1) is 0 Å². The number of aliphatic carboxylic acids is 1. The minimum Gasteiger partial charge on any atom is -0.480 e. The lowest BCUT2D eigenvalue weighted by Crippen LogP contribution is -2.26. The standard InChI is InChI=1S/C15H21N3O2/c1-4-17(5-2)10-14-16-12-8-6-7-9-13(12)18(14)11(3)15(19)20/h6-9,11H,4-5,10H2,1-3H3,(H,19,20). The number of fused-ring (bicyclic) bond motifs is 1. The number of rotatable bonds is 6. The Labute approximate surface area is 118 Å². The predicted octanol–water partition coefficient (Wildman–Crippen LogP) is 2.52. The van der Waals surface area contributed by atoms with Crippen LogP contribution in [0.25, 0.3) is 11.0 Å². The topological polar surface area (TPSA) is 58.4 Å². The summed E-state index contributed by atoms with van der Waals surface area (Å²) in [5.41, 5.74) is 1.73. The van der Waals surface area contributed by atoms with E-state index in [2.05, 4.69) is 23.7 Å². The molecule has 1 N–H and O–H groups in total. The first-order valence-electron chi connectivity index (χ1n) is 6.99. The molecule has 0 amide bonds. The Bertz CT molecular complexity index is 602. The van der Waals surface area contributed by atoms with Gasteiger partial charge in [0.2, 0.25) is 0 Å². The number of carboxylic acids is 1. The van der Waals surface area contributed by atoms with Gasteiger partial charge in [-0.2, -0.15) is 0 Å². The minimum atomic E-state index is -0.839. The van der Waals surface area contributed by atoms with Gasteiger partial charge in [0.25, 0.3) is 0 Å². The van der Waals surface area contributed by atoms with Crippen LogP contribution in [-0.2, 0) is 11.3 Å². The number of carboxylic acid groups (broad SMARTS) is 1. The van der Waals surface area contributed by atoms with Crippen molar-refractivity contribution in [1.82, 2.24) is 14.5 Å². The smallest absolute Gasteiger partial charge is 0.326 e. The molecule has 2 rings (SSSR count). The number of nitrogens with zero attached hydrogens (tertiary/aromatic N) is 3. The average Bonchev–Trinajstić information content (AvgIpc) is 2.81. The summed E-state index contributed by atoms with van der Waals surface area (Å²) >= 11 is 0. The molecule has 5 heteroatoms. The zero-order valence-electron chi connectivity index (χ0n) is 12.2. The maximum absolute atomic E-state index is 11.4. The van der Waals surface area contributed by atoms with Gasteiger partial charge < -0.3 is 9.67 Å². The molecule has 1 aromatic carbocycles. The fourth-order valence-corrected chi connectivity index (χ4v) is 2.40. The number of benzene rings is 1. The van der Waals surface area contributed by atoms with E-state index >= 15 is 0 Å². The van der Waals surface area contributed by atoms with E-state index in [1.165, 1.54) is 0 Å². The Hall–Kier alpha value is -1.88. The van der Waals surface area contributed by atoms with E-state index in [-0.39, 0.29) is 0 Å². The van der Waals surface area contributed by atoms with Crippen LogP contribution >= 0.6 is 0 Å². The van der Waals surface area contributed by atoms with Crippen LogP contribution in [0.2, 0.25) is 0 Å². The highest BCUT2D eigenvalue weighted by molar-refractivity contribution is 5.80. The molecule has 0 radical (unpaired) electrons. The van der Waals surface area contributed by atoms with Crippen molar-refractivity contribution in [3.8, 4) is 0 Å². The van der Waals surface area contributed by atoms with Crippen LogP contribution in [0.4, 0.5) is 0 Å². The fourth-order valence-electron chi connectivity index (χ4n) is 2.40. The molecule has 1 atom stereocenters. The predicted molar refractivity (Wildman–Crippen MR) is 78.7 cm³/mol. The molecular weight excluding hydrogens is 254 g/mol. The molecule has 1 aromatic heterocycles. The summed E-state index contributed by atoms with van der Waals surface area (Å²) in [6.07, 6.45) is 0. The van der Waals surface area contributed by atoms with Crippen LogP contribution in [0.15, 0.2) is 24.3 Å². The molecule has 0 spiro atoms. The van der Waals surface area contributed by atoms with E-state index in [1.807, 2.05) is 28.8 Å². The van der Waals surface area contributed by atoms with E-state index in [9.17, 15) is 9.90 Å². The highest BCUT2D eigenvalue weighted by Gasteiger charge is 2.21. The van der Waals surface area contributed by atoms with Crippen molar-refractivity contribution in [3.05, 3.63) is 30.1 Å². The monoisotopic (exact) mass is 275 g/mol. The Morgan fingerprint density at radius 1 is 1.35 bits per heavy atom. The van der Waals surface area contributed by atoms with Crippen LogP contribution < -0.4 is 0 Å². The van der Waals surface area contributed by atoms with Crippen molar-refractivity contribution < 1.29 is 9.90 Å². The highest BCUT2D eigenvalue weighted by Crippen LogP contribution is 2.22. The number of para-hydroxylation sites is 2. The molecule has 0 aliphatic rings. The van der Waals surface area contributed by atoms with Crippen molar-refractivity contribution in [2.45, 2.75) is 33.4 Å². The minimum absolute atomic E-state index is 0.618. The molecule has 0 saturated heterocycles. The number of carbonyl (C=O) groups is 1. The third-order valence-corrected chi connectivity index (χ3v) is 3.67. The molecule has 1 heterocycles. The first-order valence-corrected chi connectivity index (χ1v) is 6.99. The Kier molecular flexibility index (Phi) is 4.39. The third kappa shape index (κ3) is 2.67. The molecule has 5 nitrogen and oxygen atoms in total. The largest absolute Gasteiger partial charge is 0.480 e. The van der Waals surface area contributed by atoms with Gasteiger partial charge in [-0.3, -0.25) is 4.90 Å². The first-order chi connectivity index (χ1) is 9.58. The van der Waals surface area contributed by atoms with Gasteiger partial charge in [0.15, 0.2) is 0 Å². The van der Waals surface area contributed by atoms with Crippen molar-refractivity contribution in [1.29, 1.82) is 0 Å². The third-order valence-electron chi connectivity index (χ3n) is 3.67. The molecule has 0 aliphatic carbocycles. The quantitative estimate of drug-likeness (QED) is 0.880. The lowest BCUT2D eigenvalue weighted by molar-refractivity contribution is -0.140. The molecule has 1 unspecified atom stereocenters. The molecule has 0 fully saturated rings. The van der Waals surface area contributed by atoms with Gasteiger partial charge in [0.1, 0.15) is 11.9 Å². The van der Waals surface area contributed by atoms with E-state index < -0.39 is 12.0 Å². The first kappa shape index (κ1) is 14.5. The van der Waals surface area contributed by atoms with Gasteiger partial charge in [-0.05, 0) is 32.1 Å². The second-order valence-corrected chi connectivity index (χ2v) is 4.86. The zero-order chi connectivity index (χ0) is 14.7. The Morgan fingerprint density at radius 2 is 2.00 bits per heavy atom. The molecule has 0 saturated carbocycles. The molecule has 0 bridgehead atoms. The zero-order valence-corrected chi connectivity index (χ0v) is 12.2. The van der Waals surface area contributed by atoms with E-state index in [4.69, 9.17) is 0 Å². The summed E-state index contributed by atoms with van der Waals surface area (Å²) in [6, 6.07) is 7.07. The van der Waals surface area contributed by atoms with Crippen LogP contribution in [-0.4, -0.2) is 38.6 Å². The summed E-state index contributed by atoms with van der Waals surface area (Å²) in [7, 11) is 0. The molecule has 0 aliphatic heterocycles. The molecule has 2 aromatic rings. The van der Waals surface area contributed by atoms with Crippen LogP contribution in [0.1, 0.15) is 32.6 Å². The van der Waals surface area contributed by atoms with E-state index in [1.54, 1.807) is 6.92 Å². The maximum atomic E-state index is 11.4. The number of hydrogen-bond acceptors (Lipinski definition) is 3.